The zero-order chi connectivity index (χ0) is 15.9. The van der Waals surface area contributed by atoms with Crippen LogP contribution in [0.1, 0.15) is 16.1 Å². The molecule has 1 N–H and O–H groups in total. The van der Waals surface area contributed by atoms with E-state index in [0.29, 0.717) is 26.0 Å². The highest BCUT2D eigenvalue weighted by atomic mass is 79.9. The fourth-order valence-electron chi connectivity index (χ4n) is 1.61. The second-order valence-corrected chi connectivity index (χ2v) is 5.78. The Labute approximate surface area is 144 Å². The summed E-state index contributed by atoms with van der Waals surface area (Å²) in [6.45, 7) is 0. The number of hydrogen-bond acceptors (Lipinski definition) is 4. The predicted octanol–water partition coefficient (Wildman–Crippen LogP) is 4.24. The summed E-state index contributed by atoms with van der Waals surface area (Å²) in [6.07, 6.45) is 6.45. The molecule has 0 aliphatic rings. The Morgan fingerprint density at radius 2 is 2.09 bits per heavy atom. The molecule has 114 valence electrons. The minimum Gasteiger partial charge on any atom is -0.494 e. The van der Waals surface area contributed by atoms with Gasteiger partial charge in [-0.3, -0.25) is 4.79 Å². The van der Waals surface area contributed by atoms with Gasteiger partial charge < -0.3 is 9.15 Å². The van der Waals surface area contributed by atoms with Crippen LogP contribution in [0.25, 0.3) is 6.08 Å². The van der Waals surface area contributed by atoms with Crippen molar-refractivity contribution in [2.24, 2.45) is 5.10 Å². The van der Waals surface area contributed by atoms with E-state index in [1.165, 1.54) is 6.21 Å². The van der Waals surface area contributed by atoms with Gasteiger partial charge in [-0.05, 0) is 68.3 Å². The number of hydrazone groups is 1. The lowest BCUT2D eigenvalue weighted by atomic mass is 10.2. The van der Waals surface area contributed by atoms with Crippen molar-refractivity contribution in [3.8, 4) is 5.75 Å². The van der Waals surface area contributed by atoms with Crippen LogP contribution in [-0.2, 0) is 0 Å². The normalized spacial score (nSPS) is 11.2. The molecule has 0 saturated heterocycles. The third-order valence-electron chi connectivity index (χ3n) is 2.59. The first-order valence-corrected chi connectivity index (χ1v) is 7.77. The van der Waals surface area contributed by atoms with Crippen LogP contribution in [0.15, 0.2) is 55.1 Å². The molecule has 1 amide bonds. The van der Waals surface area contributed by atoms with Crippen molar-refractivity contribution in [1.29, 1.82) is 0 Å². The van der Waals surface area contributed by atoms with Gasteiger partial charge in [-0.2, -0.15) is 5.10 Å². The molecule has 0 aliphatic carbocycles. The Morgan fingerprint density at radius 3 is 2.68 bits per heavy atom. The van der Waals surface area contributed by atoms with Crippen LogP contribution in [0.5, 0.6) is 5.75 Å². The highest BCUT2D eigenvalue weighted by Gasteiger charge is 2.12. The van der Waals surface area contributed by atoms with Gasteiger partial charge in [0.15, 0.2) is 0 Å². The van der Waals surface area contributed by atoms with Gasteiger partial charge in [-0.1, -0.05) is 0 Å². The van der Waals surface area contributed by atoms with E-state index >= 15 is 0 Å². The monoisotopic (exact) mass is 426 g/mol. The van der Waals surface area contributed by atoms with E-state index < -0.39 is 0 Å². The number of ether oxygens (including phenoxy) is 1. The number of carbonyl (C=O) groups is 1. The van der Waals surface area contributed by atoms with Crippen LogP contribution >= 0.6 is 31.9 Å². The molecule has 0 spiro atoms. The summed E-state index contributed by atoms with van der Waals surface area (Å²) in [5.74, 6) is 1.01. The van der Waals surface area contributed by atoms with E-state index in [0.717, 1.165) is 0 Å². The number of nitrogens with zero attached hydrogens (tertiary/aromatic N) is 1. The standard InChI is InChI=1S/C15H12Br2N2O3/c1-21-14-12(16)8-10(9-13(14)17)15(20)19-18-6-2-4-11-5-3-7-22-11/h2-9H,1H3,(H,19,20)/b4-2+,18-6+. The summed E-state index contributed by atoms with van der Waals surface area (Å²) in [5, 5.41) is 3.83. The highest BCUT2D eigenvalue weighted by Crippen LogP contribution is 2.34. The van der Waals surface area contributed by atoms with Crippen molar-refractivity contribution in [1.82, 2.24) is 5.43 Å². The Bertz CT molecular complexity index is 687. The van der Waals surface area contributed by atoms with Crippen LogP contribution in [0, 0.1) is 0 Å². The number of carbonyl (C=O) groups excluding carboxylic acids is 1. The number of benzene rings is 1. The van der Waals surface area contributed by atoms with Gasteiger partial charge in [0.1, 0.15) is 11.5 Å². The van der Waals surface area contributed by atoms with Crippen LogP contribution in [-0.4, -0.2) is 19.2 Å². The molecule has 1 aromatic carbocycles. The van der Waals surface area contributed by atoms with E-state index in [4.69, 9.17) is 9.15 Å². The number of halogens is 2. The number of rotatable bonds is 5. The van der Waals surface area contributed by atoms with Crippen LogP contribution in [0.4, 0.5) is 0 Å². The lowest BCUT2D eigenvalue weighted by molar-refractivity contribution is 0.0955. The Hall–Kier alpha value is -1.86. The quantitative estimate of drug-likeness (QED) is 0.573. The summed E-state index contributed by atoms with van der Waals surface area (Å²) in [7, 11) is 1.56. The third-order valence-corrected chi connectivity index (χ3v) is 3.77. The molecule has 1 aromatic heterocycles. The molecule has 2 aromatic rings. The fourth-order valence-corrected chi connectivity index (χ4v) is 3.12. The molecule has 0 unspecified atom stereocenters. The van der Waals surface area contributed by atoms with Crippen molar-refractivity contribution in [3.63, 3.8) is 0 Å². The smallest absolute Gasteiger partial charge is 0.271 e. The molecule has 0 fully saturated rings. The molecule has 22 heavy (non-hydrogen) atoms. The molecular weight excluding hydrogens is 416 g/mol. The van der Waals surface area contributed by atoms with E-state index in [9.17, 15) is 4.79 Å². The van der Waals surface area contributed by atoms with Gasteiger partial charge in [0, 0.05) is 11.8 Å². The molecular formula is C15H12Br2N2O3. The number of hydrogen-bond donors (Lipinski definition) is 1. The molecule has 0 radical (unpaired) electrons. The fraction of sp³-hybridized carbons (Fsp3) is 0.0667. The highest BCUT2D eigenvalue weighted by molar-refractivity contribution is 9.11. The van der Waals surface area contributed by atoms with Crippen LogP contribution < -0.4 is 10.2 Å². The second kappa shape index (κ2) is 7.95. The van der Waals surface area contributed by atoms with Crippen molar-refractivity contribution < 1.29 is 13.9 Å². The SMILES string of the molecule is COc1c(Br)cc(C(=O)N/N=C/C=C/c2ccco2)cc1Br. The molecule has 2 rings (SSSR count). The van der Waals surface area contributed by atoms with Gasteiger partial charge in [0.25, 0.3) is 5.91 Å². The summed E-state index contributed by atoms with van der Waals surface area (Å²) in [5.41, 5.74) is 2.89. The molecule has 0 atom stereocenters. The predicted molar refractivity (Wildman–Crippen MR) is 92.1 cm³/mol. The molecule has 0 bridgehead atoms. The zero-order valence-electron chi connectivity index (χ0n) is 11.5. The maximum atomic E-state index is 12.0. The van der Waals surface area contributed by atoms with Gasteiger partial charge in [0.05, 0.1) is 22.3 Å². The molecule has 1 heterocycles. The lowest BCUT2D eigenvalue weighted by Gasteiger charge is -2.08. The number of allylic oxidation sites excluding steroid dienone is 1. The maximum Gasteiger partial charge on any atom is 0.271 e. The van der Waals surface area contributed by atoms with Crippen molar-refractivity contribution in [2.45, 2.75) is 0 Å². The summed E-state index contributed by atoms with van der Waals surface area (Å²) < 4.78 is 11.7. The Kier molecular flexibility index (Phi) is 5.97. The number of methoxy groups -OCH3 is 1. The first kappa shape index (κ1) is 16.5. The minimum atomic E-state index is -0.327. The third kappa shape index (κ3) is 4.32. The average molecular weight is 428 g/mol. The number of nitrogens with one attached hydrogen (secondary N) is 1. The first-order chi connectivity index (χ1) is 10.6. The molecule has 0 saturated carbocycles. The molecule has 7 heteroatoms. The first-order valence-electron chi connectivity index (χ1n) is 6.18. The van der Waals surface area contributed by atoms with Gasteiger partial charge in [-0.15, -0.1) is 0 Å². The molecule has 5 nitrogen and oxygen atoms in total. The van der Waals surface area contributed by atoms with E-state index in [-0.39, 0.29) is 5.91 Å². The minimum absolute atomic E-state index is 0.327. The summed E-state index contributed by atoms with van der Waals surface area (Å²) >= 11 is 6.69. The van der Waals surface area contributed by atoms with Gasteiger partial charge >= 0.3 is 0 Å². The van der Waals surface area contributed by atoms with Crippen molar-refractivity contribution in [3.05, 3.63) is 56.9 Å². The number of furan rings is 1. The maximum absolute atomic E-state index is 12.0. The van der Waals surface area contributed by atoms with Crippen LogP contribution in [0.2, 0.25) is 0 Å². The average Bonchev–Trinajstić information content (AvgIpc) is 2.99. The Balaban J connectivity index is 1.98. The van der Waals surface area contributed by atoms with E-state index in [1.807, 2.05) is 6.07 Å². The summed E-state index contributed by atoms with van der Waals surface area (Å²) in [6, 6.07) is 6.92. The second-order valence-electron chi connectivity index (χ2n) is 4.07. The Morgan fingerprint density at radius 1 is 1.36 bits per heavy atom. The van der Waals surface area contributed by atoms with Crippen molar-refractivity contribution >= 4 is 50.1 Å². The van der Waals surface area contributed by atoms with Gasteiger partial charge in [0.2, 0.25) is 0 Å². The number of amides is 1. The van der Waals surface area contributed by atoms with Crippen molar-refractivity contribution in [2.75, 3.05) is 7.11 Å². The topological polar surface area (TPSA) is 63.8 Å². The van der Waals surface area contributed by atoms with Gasteiger partial charge in [-0.25, -0.2) is 5.43 Å². The lowest BCUT2D eigenvalue weighted by Crippen LogP contribution is -2.17. The molecule has 0 aliphatic heterocycles. The van der Waals surface area contributed by atoms with E-state index in [2.05, 4.69) is 42.4 Å². The zero-order valence-corrected chi connectivity index (χ0v) is 14.7. The summed E-state index contributed by atoms with van der Waals surface area (Å²) in [4.78, 5) is 12.0. The van der Waals surface area contributed by atoms with Crippen LogP contribution in [0.3, 0.4) is 0 Å². The largest absolute Gasteiger partial charge is 0.494 e. The van der Waals surface area contributed by atoms with E-state index in [1.54, 1.807) is 43.7 Å².